The number of aliphatic carboxylic acids is 1. The molecule has 1 aliphatic carbocycles. The summed E-state index contributed by atoms with van der Waals surface area (Å²) in [5, 5.41) is 11.9. The summed E-state index contributed by atoms with van der Waals surface area (Å²) in [7, 11) is 0. The highest BCUT2D eigenvalue weighted by molar-refractivity contribution is 5.83. The molecule has 5 nitrogen and oxygen atoms in total. The van der Waals surface area contributed by atoms with Crippen molar-refractivity contribution in [2.24, 2.45) is 0 Å². The van der Waals surface area contributed by atoms with Crippen molar-refractivity contribution in [1.82, 2.24) is 5.32 Å². The number of carboxylic acids is 1. The van der Waals surface area contributed by atoms with Gasteiger partial charge in [-0.25, -0.2) is 4.79 Å². The lowest BCUT2D eigenvalue weighted by Gasteiger charge is -2.35. The van der Waals surface area contributed by atoms with Crippen LogP contribution in [0.5, 0.6) is 0 Å². The van der Waals surface area contributed by atoms with Crippen molar-refractivity contribution in [3.05, 3.63) is 0 Å². The molecule has 2 N–H and O–H groups in total. The first-order chi connectivity index (χ1) is 8.50. The highest BCUT2D eigenvalue weighted by Crippen LogP contribution is 2.28. The zero-order valence-electron chi connectivity index (χ0n) is 10.8. The van der Waals surface area contributed by atoms with Gasteiger partial charge < -0.3 is 15.2 Å². The largest absolute Gasteiger partial charge is 0.479 e. The maximum atomic E-state index is 12.1. The first kappa shape index (κ1) is 13.3. The molecule has 2 aliphatic rings. The highest BCUT2D eigenvalue weighted by Gasteiger charge is 2.37. The van der Waals surface area contributed by atoms with Gasteiger partial charge in [-0.2, -0.15) is 0 Å². The summed E-state index contributed by atoms with van der Waals surface area (Å²) in [6, 6.07) is 0. The monoisotopic (exact) mass is 255 g/mol. The zero-order chi connectivity index (χ0) is 13.2. The lowest BCUT2D eigenvalue weighted by Crippen LogP contribution is -2.50. The number of nitrogens with one attached hydrogen (secondary N) is 1. The lowest BCUT2D eigenvalue weighted by atomic mass is 9.83. The average Bonchev–Trinajstić information content (AvgIpc) is 2.78. The maximum absolute atomic E-state index is 12.1. The van der Waals surface area contributed by atoms with E-state index in [4.69, 9.17) is 9.84 Å². The number of carboxylic acid groups (broad SMARTS) is 1. The second kappa shape index (κ2) is 5.26. The van der Waals surface area contributed by atoms with E-state index < -0.39 is 18.2 Å². The Hall–Kier alpha value is -1.10. The molecule has 2 unspecified atom stereocenters. The van der Waals surface area contributed by atoms with Crippen molar-refractivity contribution in [3.8, 4) is 0 Å². The van der Waals surface area contributed by atoms with Crippen LogP contribution in [0.2, 0.25) is 0 Å². The first-order valence-corrected chi connectivity index (χ1v) is 6.70. The van der Waals surface area contributed by atoms with Crippen LogP contribution in [0, 0.1) is 0 Å². The van der Waals surface area contributed by atoms with Gasteiger partial charge in [-0.05, 0) is 32.6 Å². The maximum Gasteiger partial charge on any atom is 0.332 e. The summed E-state index contributed by atoms with van der Waals surface area (Å²) >= 11 is 0. The number of carbonyl (C=O) groups excluding carboxylic acids is 1. The van der Waals surface area contributed by atoms with E-state index in [-0.39, 0.29) is 11.4 Å². The molecular formula is C13H21NO4. The number of amides is 1. The number of rotatable bonds is 3. The predicted octanol–water partition coefficient (Wildman–Crippen LogP) is 1.46. The van der Waals surface area contributed by atoms with Gasteiger partial charge in [0.15, 0.2) is 6.10 Å². The number of carbonyl (C=O) groups is 2. The number of hydrogen-bond acceptors (Lipinski definition) is 3. The minimum absolute atomic E-state index is 0.139. The van der Waals surface area contributed by atoms with E-state index in [9.17, 15) is 9.59 Å². The third-order valence-electron chi connectivity index (χ3n) is 3.97. The third-order valence-corrected chi connectivity index (χ3v) is 3.97. The molecule has 1 amide bonds. The molecular weight excluding hydrogens is 234 g/mol. The smallest absolute Gasteiger partial charge is 0.332 e. The number of ether oxygens (including phenoxy) is 1. The molecule has 18 heavy (non-hydrogen) atoms. The van der Waals surface area contributed by atoms with Crippen molar-refractivity contribution < 1.29 is 19.4 Å². The van der Waals surface area contributed by atoms with E-state index in [2.05, 4.69) is 12.2 Å². The molecule has 2 fully saturated rings. The van der Waals surface area contributed by atoms with Crippen LogP contribution in [-0.2, 0) is 14.3 Å². The van der Waals surface area contributed by atoms with E-state index >= 15 is 0 Å². The second-order valence-corrected chi connectivity index (χ2v) is 5.64. The number of hydrogen-bond donors (Lipinski definition) is 2. The van der Waals surface area contributed by atoms with Crippen molar-refractivity contribution in [1.29, 1.82) is 0 Å². The Morgan fingerprint density at radius 1 is 1.17 bits per heavy atom. The summed E-state index contributed by atoms with van der Waals surface area (Å²) in [4.78, 5) is 22.8. The van der Waals surface area contributed by atoms with Crippen LogP contribution < -0.4 is 5.32 Å². The molecule has 1 saturated heterocycles. The summed E-state index contributed by atoms with van der Waals surface area (Å²) in [5.74, 6) is -1.13. The Balaban J connectivity index is 1.87. The van der Waals surface area contributed by atoms with Crippen LogP contribution >= 0.6 is 0 Å². The summed E-state index contributed by atoms with van der Waals surface area (Å²) in [6.45, 7) is 2.06. The van der Waals surface area contributed by atoms with Crippen LogP contribution in [0.25, 0.3) is 0 Å². The minimum atomic E-state index is -0.978. The zero-order valence-corrected chi connectivity index (χ0v) is 10.8. The Bertz CT molecular complexity index is 336. The van der Waals surface area contributed by atoms with Crippen molar-refractivity contribution in [3.63, 3.8) is 0 Å². The molecule has 0 spiro atoms. The summed E-state index contributed by atoms with van der Waals surface area (Å²) < 4.78 is 5.26. The Labute approximate surface area is 107 Å². The summed E-state index contributed by atoms with van der Waals surface area (Å²) in [6.07, 6.45) is 5.00. The van der Waals surface area contributed by atoms with Gasteiger partial charge in [-0.1, -0.05) is 19.3 Å². The molecule has 2 rings (SSSR count). The molecule has 0 aromatic carbocycles. The Kier molecular flexibility index (Phi) is 3.90. The second-order valence-electron chi connectivity index (χ2n) is 5.64. The van der Waals surface area contributed by atoms with Gasteiger partial charge in [0.2, 0.25) is 5.91 Å². The molecule has 1 heterocycles. The van der Waals surface area contributed by atoms with E-state index in [1.54, 1.807) is 0 Å². The average molecular weight is 255 g/mol. The lowest BCUT2D eigenvalue weighted by molar-refractivity contribution is -0.152. The predicted molar refractivity (Wildman–Crippen MR) is 65.2 cm³/mol. The standard InChI is InChI=1S/C13H21NO4/c1-13(7-3-2-4-8-13)14-11(15)9-5-6-10(18-9)12(16)17/h9-10H,2-8H2,1H3,(H,14,15)(H,16,17). The van der Waals surface area contributed by atoms with E-state index in [1.807, 2.05) is 0 Å². The first-order valence-electron chi connectivity index (χ1n) is 6.70. The van der Waals surface area contributed by atoms with E-state index in [1.165, 1.54) is 6.42 Å². The molecule has 1 saturated carbocycles. The van der Waals surface area contributed by atoms with Crippen LogP contribution in [0.3, 0.4) is 0 Å². The Morgan fingerprint density at radius 3 is 2.33 bits per heavy atom. The molecule has 2 atom stereocenters. The molecule has 1 aliphatic heterocycles. The fraction of sp³-hybridized carbons (Fsp3) is 0.846. The Morgan fingerprint density at radius 2 is 1.78 bits per heavy atom. The van der Waals surface area contributed by atoms with E-state index in [0.717, 1.165) is 25.7 Å². The minimum Gasteiger partial charge on any atom is -0.479 e. The van der Waals surface area contributed by atoms with E-state index in [0.29, 0.717) is 12.8 Å². The normalized spacial score (nSPS) is 30.9. The molecule has 5 heteroatoms. The van der Waals surface area contributed by atoms with Gasteiger partial charge >= 0.3 is 5.97 Å². The molecule has 0 aromatic heterocycles. The summed E-state index contributed by atoms with van der Waals surface area (Å²) in [5.41, 5.74) is -0.139. The quantitative estimate of drug-likeness (QED) is 0.800. The van der Waals surface area contributed by atoms with Gasteiger partial charge in [0, 0.05) is 5.54 Å². The van der Waals surface area contributed by atoms with Crippen molar-refractivity contribution >= 4 is 11.9 Å². The van der Waals surface area contributed by atoms with Crippen LogP contribution in [0.15, 0.2) is 0 Å². The van der Waals surface area contributed by atoms with Crippen molar-refractivity contribution in [2.45, 2.75) is 69.6 Å². The van der Waals surface area contributed by atoms with Crippen LogP contribution in [0.1, 0.15) is 51.9 Å². The van der Waals surface area contributed by atoms with Gasteiger partial charge in [0.05, 0.1) is 0 Å². The van der Waals surface area contributed by atoms with Gasteiger partial charge in [-0.15, -0.1) is 0 Å². The fourth-order valence-corrected chi connectivity index (χ4v) is 2.85. The van der Waals surface area contributed by atoms with Gasteiger partial charge in [-0.3, -0.25) is 4.79 Å². The van der Waals surface area contributed by atoms with Crippen LogP contribution in [-0.4, -0.2) is 34.7 Å². The SMILES string of the molecule is CC1(NC(=O)C2CCC(C(=O)O)O2)CCCCC1. The van der Waals surface area contributed by atoms with Gasteiger partial charge in [0.25, 0.3) is 0 Å². The third kappa shape index (κ3) is 3.02. The highest BCUT2D eigenvalue weighted by atomic mass is 16.5. The molecule has 102 valence electrons. The molecule has 0 aromatic rings. The fourth-order valence-electron chi connectivity index (χ4n) is 2.85. The van der Waals surface area contributed by atoms with Crippen molar-refractivity contribution in [2.75, 3.05) is 0 Å². The van der Waals surface area contributed by atoms with Crippen LogP contribution in [0.4, 0.5) is 0 Å². The van der Waals surface area contributed by atoms with Gasteiger partial charge in [0.1, 0.15) is 6.10 Å². The topological polar surface area (TPSA) is 75.6 Å². The molecule has 0 radical (unpaired) electrons. The molecule has 0 bridgehead atoms.